The average molecular weight is 341 g/mol. The minimum atomic E-state index is -1.09. The summed E-state index contributed by atoms with van der Waals surface area (Å²) in [6.45, 7) is 0. The number of hydrogen-bond donors (Lipinski definition) is 2. The van der Waals surface area contributed by atoms with Crippen molar-refractivity contribution < 1.29 is 19.9 Å². The quantitative estimate of drug-likeness (QED) is 0.415. The van der Waals surface area contributed by atoms with Crippen LogP contribution in [0.1, 0.15) is 5.69 Å². The molecular weight excluding hydrogens is 330 g/mol. The van der Waals surface area contributed by atoms with Gasteiger partial charge in [0.15, 0.2) is 5.82 Å². The summed E-state index contributed by atoms with van der Waals surface area (Å²) in [4.78, 5) is 25.4. The first-order valence-corrected chi connectivity index (χ1v) is 7.02. The number of imidazole rings is 1. The van der Waals surface area contributed by atoms with E-state index in [9.17, 15) is 20.0 Å². The predicted octanol–water partition coefficient (Wildman–Crippen LogP) is 2.99. The van der Waals surface area contributed by atoms with Crippen molar-refractivity contribution in [3.05, 3.63) is 58.4 Å². The fourth-order valence-corrected chi connectivity index (χ4v) is 2.21. The van der Waals surface area contributed by atoms with Crippen LogP contribution in [-0.4, -0.2) is 30.5 Å². The highest BCUT2D eigenvalue weighted by molar-refractivity contribution is 5.72. The molecule has 0 saturated carbocycles. The molecule has 0 aliphatic rings. The van der Waals surface area contributed by atoms with Crippen molar-refractivity contribution in [2.75, 3.05) is 0 Å². The van der Waals surface area contributed by atoms with Crippen LogP contribution in [-0.2, 0) is 11.2 Å². The average Bonchev–Trinajstić information content (AvgIpc) is 2.90. The number of hydrogen-bond acceptors (Lipinski definition) is 7. The van der Waals surface area contributed by atoms with E-state index in [0.717, 1.165) is 18.2 Å². The van der Waals surface area contributed by atoms with E-state index in [-0.39, 0.29) is 35.1 Å². The van der Waals surface area contributed by atoms with Crippen LogP contribution in [0.2, 0.25) is 0 Å². The maximum absolute atomic E-state index is 11.0. The van der Waals surface area contributed by atoms with Crippen LogP contribution >= 0.6 is 0 Å². The Kier molecular flexibility index (Phi) is 4.08. The number of aromatic nitrogens is 2. The van der Waals surface area contributed by atoms with Gasteiger partial charge in [0.2, 0.25) is 0 Å². The van der Waals surface area contributed by atoms with Crippen LogP contribution in [0, 0.1) is 10.1 Å². The van der Waals surface area contributed by atoms with E-state index in [0.29, 0.717) is 5.65 Å². The summed E-state index contributed by atoms with van der Waals surface area (Å²) in [5.74, 6) is -1.20. The number of nitro benzene ring substituents is 1. The Bertz CT molecular complexity index is 1010. The number of azo groups is 1. The van der Waals surface area contributed by atoms with Gasteiger partial charge in [0.1, 0.15) is 17.1 Å². The maximum atomic E-state index is 11.0. The number of phenolic OH excluding ortho intramolecular Hbond substituents is 1. The summed E-state index contributed by atoms with van der Waals surface area (Å²) >= 11 is 0. The summed E-state index contributed by atoms with van der Waals surface area (Å²) in [6.07, 6.45) is 1.27. The third-order valence-electron chi connectivity index (χ3n) is 3.32. The second-order valence-electron chi connectivity index (χ2n) is 5.01. The zero-order valence-corrected chi connectivity index (χ0v) is 12.6. The molecule has 25 heavy (non-hydrogen) atoms. The van der Waals surface area contributed by atoms with Crippen LogP contribution in [0.3, 0.4) is 0 Å². The Hall–Kier alpha value is -3.82. The molecule has 3 aromatic rings. The summed E-state index contributed by atoms with van der Waals surface area (Å²) in [5.41, 5.74) is 0.306. The number of nitro groups is 1. The monoisotopic (exact) mass is 341 g/mol. The van der Waals surface area contributed by atoms with Crippen molar-refractivity contribution >= 4 is 28.8 Å². The third kappa shape index (κ3) is 3.27. The van der Waals surface area contributed by atoms with E-state index in [1.807, 2.05) is 0 Å². The van der Waals surface area contributed by atoms with Crippen molar-refractivity contribution in [2.45, 2.75) is 6.42 Å². The maximum Gasteiger partial charge on any atom is 0.309 e. The van der Waals surface area contributed by atoms with Crippen LogP contribution < -0.4 is 0 Å². The summed E-state index contributed by atoms with van der Waals surface area (Å²) < 4.78 is 1.54. The van der Waals surface area contributed by atoms with Gasteiger partial charge < -0.3 is 10.2 Å². The molecule has 0 fully saturated rings. The molecule has 10 heteroatoms. The Balaban J connectivity index is 2.08. The number of pyridine rings is 1. The van der Waals surface area contributed by atoms with E-state index >= 15 is 0 Å². The van der Waals surface area contributed by atoms with Gasteiger partial charge >= 0.3 is 5.97 Å². The largest absolute Gasteiger partial charge is 0.506 e. The highest BCUT2D eigenvalue weighted by atomic mass is 16.6. The van der Waals surface area contributed by atoms with Gasteiger partial charge in [0.05, 0.1) is 17.0 Å². The predicted molar refractivity (Wildman–Crippen MR) is 85.5 cm³/mol. The number of aromatic hydroxyl groups is 1. The molecule has 0 saturated heterocycles. The van der Waals surface area contributed by atoms with E-state index in [4.69, 9.17) is 5.11 Å². The number of rotatable bonds is 5. The van der Waals surface area contributed by atoms with Crippen LogP contribution in [0.15, 0.2) is 52.8 Å². The Morgan fingerprint density at radius 1 is 1.28 bits per heavy atom. The zero-order valence-electron chi connectivity index (χ0n) is 12.6. The molecule has 0 aliphatic heterocycles. The zero-order chi connectivity index (χ0) is 18.0. The smallest absolute Gasteiger partial charge is 0.309 e. The van der Waals surface area contributed by atoms with E-state index in [2.05, 4.69) is 15.2 Å². The first-order valence-electron chi connectivity index (χ1n) is 7.02. The van der Waals surface area contributed by atoms with Crippen molar-refractivity contribution in [1.82, 2.24) is 9.38 Å². The molecule has 0 unspecified atom stereocenters. The number of nitrogens with zero attached hydrogens (tertiary/aromatic N) is 5. The number of fused-ring (bicyclic) bond motifs is 1. The van der Waals surface area contributed by atoms with Crippen molar-refractivity contribution in [3.63, 3.8) is 0 Å². The van der Waals surface area contributed by atoms with E-state index < -0.39 is 10.9 Å². The van der Waals surface area contributed by atoms with Gasteiger partial charge in [-0.1, -0.05) is 6.07 Å². The normalized spacial score (nSPS) is 11.2. The highest BCUT2D eigenvalue weighted by Gasteiger charge is 2.15. The molecule has 0 amide bonds. The SMILES string of the molecule is O=C(O)Cc1nc2ccccn2c1N=Nc1cc([N+](=O)[O-])ccc1O. The second kappa shape index (κ2) is 6.35. The molecular formula is C15H11N5O5. The molecule has 2 aromatic heterocycles. The molecule has 1 aromatic carbocycles. The standard InChI is InChI=1S/C15H11N5O5/c21-12-5-4-9(20(24)25)7-10(12)17-18-15-11(8-14(22)23)16-13-3-1-2-6-19(13)15/h1-7,21H,8H2,(H,22,23). The summed E-state index contributed by atoms with van der Waals surface area (Å²) in [7, 11) is 0. The van der Waals surface area contributed by atoms with Crippen LogP contribution in [0.5, 0.6) is 5.75 Å². The van der Waals surface area contributed by atoms with Crippen molar-refractivity contribution in [1.29, 1.82) is 0 Å². The fraction of sp³-hybridized carbons (Fsp3) is 0.0667. The van der Waals surface area contributed by atoms with Gasteiger partial charge in [0, 0.05) is 18.3 Å². The topological polar surface area (TPSA) is 143 Å². The molecule has 0 radical (unpaired) electrons. The van der Waals surface area contributed by atoms with E-state index in [1.165, 1.54) is 4.40 Å². The molecule has 0 aliphatic carbocycles. The number of aliphatic carboxylic acids is 1. The third-order valence-corrected chi connectivity index (χ3v) is 3.32. The number of non-ortho nitro benzene ring substituents is 1. The van der Waals surface area contributed by atoms with Crippen LogP contribution in [0.25, 0.3) is 5.65 Å². The highest BCUT2D eigenvalue weighted by Crippen LogP contribution is 2.32. The molecule has 0 spiro atoms. The van der Waals surface area contributed by atoms with Gasteiger partial charge in [-0.25, -0.2) is 4.98 Å². The molecule has 0 bridgehead atoms. The Morgan fingerprint density at radius 3 is 2.80 bits per heavy atom. The Labute approximate surface area is 139 Å². The van der Waals surface area contributed by atoms with E-state index in [1.54, 1.807) is 24.4 Å². The minimum absolute atomic E-state index is 0.110. The molecule has 10 nitrogen and oxygen atoms in total. The number of phenols is 1. The molecule has 3 rings (SSSR count). The van der Waals surface area contributed by atoms with Crippen molar-refractivity contribution in [3.8, 4) is 5.75 Å². The van der Waals surface area contributed by atoms with Crippen molar-refractivity contribution in [2.24, 2.45) is 10.2 Å². The molecule has 126 valence electrons. The lowest BCUT2D eigenvalue weighted by atomic mass is 10.2. The van der Waals surface area contributed by atoms with Gasteiger partial charge in [-0.15, -0.1) is 10.2 Å². The first-order chi connectivity index (χ1) is 12.0. The number of carboxylic acids is 1. The number of benzene rings is 1. The van der Waals surface area contributed by atoms with Gasteiger partial charge in [-0.2, -0.15) is 0 Å². The Morgan fingerprint density at radius 2 is 2.08 bits per heavy atom. The number of carbonyl (C=O) groups is 1. The minimum Gasteiger partial charge on any atom is -0.506 e. The van der Waals surface area contributed by atoms with Gasteiger partial charge in [0.25, 0.3) is 5.69 Å². The molecule has 0 atom stereocenters. The van der Waals surface area contributed by atoms with Gasteiger partial charge in [-0.3, -0.25) is 19.3 Å². The lowest BCUT2D eigenvalue weighted by molar-refractivity contribution is -0.384. The lowest BCUT2D eigenvalue weighted by Gasteiger charge is -1.99. The molecule has 2 N–H and O–H groups in total. The second-order valence-corrected chi connectivity index (χ2v) is 5.01. The summed E-state index contributed by atoms with van der Waals surface area (Å²) in [5, 5.41) is 37.4. The lowest BCUT2D eigenvalue weighted by Crippen LogP contribution is -2.00. The fourth-order valence-electron chi connectivity index (χ4n) is 2.21. The van der Waals surface area contributed by atoms with Gasteiger partial charge in [-0.05, 0) is 18.2 Å². The first kappa shape index (κ1) is 16.1. The molecule has 2 heterocycles. The number of carboxylic acid groups (broad SMARTS) is 1. The van der Waals surface area contributed by atoms with Crippen LogP contribution in [0.4, 0.5) is 17.2 Å². The summed E-state index contributed by atoms with van der Waals surface area (Å²) in [6, 6.07) is 8.47.